The Morgan fingerprint density at radius 2 is 2.27 bits per heavy atom. The number of aryl methyl sites for hydroxylation is 1. The molecule has 1 heterocycles. The number of rotatable bonds is 2. The van der Waals surface area contributed by atoms with E-state index < -0.39 is 0 Å². The molecule has 0 saturated heterocycles. The second-order valence-electron chi connectivity index (χ2n) is 3.40. The molecule has 1 aromatic carbocycles. The van der Waals surface area contributed by atoms with Gasteiger partial charge in [0.1, 0.15) is 0 Å². The van der Waals surface area contributed by atoms with Crippen molar-refractivity contribution in [3.63, 3.8) is 0 Å². The highest BCUT2D eigenvalue weighted by atomic mass is 79.9. The van der Waals surface area contributed by atoms with E-state index >= 15 is 0 Å². The number of aromatic nitrogens is 2. The van der Waals surface area contributed by atoms with E-state index in [1.807, 2.05) is 37.5 Å². The minimum Gasteiger partial charge on any atom is -0.392 e. The van der Waals surface area contributed by atoms with Crippen LogP contribution < -0.4 is 0 Å². The largest absolute Gasteiger partial charge is 0.392 e. The molecule has 0 amide bonds. The third-order valence-corrected chi connectivity index (χ3v) is 2.92. The molecule has 0 atom stereocenters. The number of benzene rings is 1. The van der Waals surface area contributed by atoms with Gasteiger partial charge < -0.3 is 5.11 Å². The molecule has 0 bridgehead atoms. The van der Waals surface area contributed by atoms with Crippen LogP contribution in [-0.2, 0) is 6.61 Å². The van der Waals surface area contributed by atoms with Crippen molar-refractivity contribution in [2.75, 3.05) is 0 Å². The minimum absolute atomic E-state index is 0.0407. The predicted octanol–water partition coefficient (Wildman–Crippen LogP) is 2.44. The topological polar surface area (TPSA) is 38.0 Å². The molecule has 0 aliphatic rings. The number of aliphatic hydroxyl groups excluding tert-OH is 1. The van der Waals surface area contributed by atoms with Crippen LogP contribution in [0.5, 0.6) is 0 Å². The lowest BCUT2D eigenvalue weighted by molar-refractivity contribution is 0.281. The Morgan fingerprint density at radius 1 is 1.47 bits per heavy atom. The highest BCUT2D eigenvalue weighted by molar-refractivity contribution is 9.10. The fraction of sp³-hybridized carbons (Fsp3) is 0.182. The van der Waals surface area contributed by atoms with Crippen LogP contribution in [0, 0.1) is 6.92 Å². The van der Waals surface area contributed by atoms with Crippen LogP contribution in [-0.4, -0.2) is 14.9 Å². The third-order valence-electron chi connectivity index (χ3n) is 2.18. The molecule has 78 valence electrons. The van der Waals surface area contributed by atoms with Gasteiger partial charge in [-0.25, -0.2) is 4.68 Å². The SMILES string of the molecule is Cc1cnn(-c2ccc(CO)c(Br)c2)c1. The van der Waals surface area contributed by atoms with Gasteiger partial charge in [-0.15, -0.1) is 0 Å². The molecule has 0 aliphatic carbocycles. The monoisotopic (exact) mass is 266 g/mol. The van der Waals surface area contributed by atoms with E-state index in [1.54, 1.807) is 4.68 Å². The van der Waals surface area contributed by atoms with Crippen LogP contribution in [0.4, 0.5) is 0 Å². The normalized spacial score (nSPS) is 10.6. The van der Waals surface area contributed by atoms with Crippen molar-refractivity contribution in [2.45, 2.75) is 13.5 Å². The summed E-state index contributed by atoms with van der Waals surface area (Å²) in [6, 6.07) is 5.76. The van der Waals surface area contributed by atoms with Crippen LogP contribution in [0.1, 0.15) is 11.1 Å². The van der Waals surface area contributed by atoms with Crippen LogP contribution in [0.3, 0.4) is 0 Å². The van der Waals surface area contributed by atoms with Crippen molar-refractivity contribution in [2.24, 2.45) is 0 Å². The number of aliphatic hydroxyl groups is 1. The standard InChI is InChI=1S/C11H11BrN2O/c1-8-5-13-14(6-8)10-3-2-9(7-15)11(12)4-10/h2-6,15H,7H2,1H3. The summed E-state index contributed by atoms with van der Waals surface area (Å²) >= 11 is 3.41. The van der Waals surface area contributed by atoms with Gasteiger partial charge in [0.15, 0.2) is 0 Å². The fourth-order valence-corrected chi connectivity index (χ4v) is 1.85. The van der Waals surface area contributed by atoms with Gasteiger partial charge in [0.25, 0.3) is 0 Å². The molecular weight excluding hydrogens is 256 g/mol. The number of hydrogen-bond donors (Lipinski definition) is 1. The van der Waals surface area contributed by atoms with Gasteiger partial charge in [-0.05, 0) is 30.2 Å². The van der Waals surface area contributed by atoms with E-state index in [2.05, 4.69) is 21.0 Å². The van der Waals surface area contributed by atoms with E-state index in [9.17, 15) is 0 Å². The molecule has 0 radical (unpaired) electrons. The van der Waals surface area contributed by atoms with Gasteiger partial charge in [-0.3, -0.25) is 0 Å². The average molecular weight is 267 g/mol. The number of hydrogen-bond acceptors (Lipinski definition) is 2. The van der Waals surface area contributed by atoms with Crippen LogP contribution in [0.25, 0.3) is 5.69 Å². The number of nitrogens with zero attached hydrogens (tertiary/aromatic N) is 2. The van der Waals surface area contributed by atoms with Crippen LogP contribution >= 0.6 is 15.9 Å². The van der Waals surface area contributed by atoms with E-state index in [0.717, 1.165) is 21.3 Å². The molecule has 2 aromatic rings. The van der Waals surface area contributed by atoms with Crippen molar-refractivity contribution in [3.8, 4) is 5.69 Å². The molecule has 0 aliphatic heterocycles. The Hall–Kier alpha value is -1.13. The Bertz CT molecular complexity index is 479. The highest BCUT2D eigenvalue weighted by Crippen LogP contribution is 2.20. The maximum atomic E-state index is 9.03. The zero-order valence-corrected chi connectivity index (χ0v) is 9.90. The Morgan fingerprint density at radius 3 is 2.80 bits per heavy atom. The van der Waals surface area contributed by atoms with E-state index in [0.29, 0.717) is 0 Å². The maximum Gasteiger partial charge on any atom is 0.0692 e. The predicted molar refractivity (Wildman–Crippen MR) is 61.9 cm³/mol. The summed E-state index contributed by atoms with van der Waals surface area (Å²) in [5, 5.41) is 13.2. The molecule has 2 rings (SSSR count). The van der Waals surface area contributed by atoms with Crippen molar-refractivity contribution in [3.05, 3.63) is 46.2 Å². The molecule has 0 spiro atoms. The van der Waals surface area contributed by atoms with Gasteiger partial charge in [0.2, 0.25) is 0 Å². The maximum absolute atomic E-state index is 9.03. The molecule has 0 saturated carbocycles. The van der Waals surface area contributed by atoms with Gasteiger partial charge in [0.05, 0.1) is 18.5 Å². The van der Waals surface area contributed by atoms with Crippen LogP contribution in [0.15, 0.2) is 35.1 Å². The summed E-state index contributed by atoms with van der Waals surface area (Å²) in [7, 11) is 0. The first-order chi connectivity index (χ1) is 7.20. The van der Waals surface area contributed by atoms with E-state index in [4.69, 9.17) is 5.11 Å². The van der Waals surface area contributed by atoms with Crippen molar-refractivity contribution < 1.29 is 5.11 Å². The summed E-state index contributed by atoms with van der Waals surface area (Å²) in [5.41, 5.74) is 2.98. The molecule has 1 N–H and O–H groups in total. The van der Waals surface area contributed by atoms with Crippen molar-refractivity contribution >= 4 is 15.9 Å². The van der Waals surface area contributed by atoms with Crippen molar-refractivity contribution in [1.29, 1.82) is 0 Å². The molecule has 15 heavy (non-hydrogen) atoms. The molecule has 0 unspecified atom stereocenters. The molecule has 3 nitrogen and oxygen atoms in total. The molecule has 1 aromatic heterocycles. The Kier molecular flexibility index (Phi) is 2.88. The lowest BCUT2D eigenvalue weighted by Gasteiger charge is -2.05. The highest BCUT2D eigenvalue weighted by Gasteiger charge is 2.02. The smallest absolute Gasteiger partial charge is 0.0692 e. The Labute approximate surface area is 96.5 Å². The van der Waals surface area contributed by atoms with Gasteiger partial charge in [-0.1, -0.05) is 22.0 Å². The third kappa shape index (κ3) is 2.11. The number of halogens is 1. The second kappa shape index (κ2) is 4.16. The van der Waals surface area contributed by atoms with E-state index in [1.165, 1.54) is 0 Å². The molecule has 4 heteroatoms. The molecule has 0 fully saturated rings. The van der Waals surface area contributed by atoms with Gasteiger partial charge >= 0.3 is 0 Å². The van der Waals surface area contributed by atoms with Gasteiger partial charge in [0, 0.05) is 10.7 Å². The first kappa shape index (κ1) is 10.4. The summed E-state index contributed by atoms with van der Waals surface area (Å²) < 4.78 is 2.71. The summed E-state index contributed by atoms with van der Waals surface area (Å²) in [5.74, 6) is 0. The minimum atomic E-state index is 0.0407. The lowest BCUT2D eigenvalue weighted by Crippen LogP contribution is -1.95. The fourth-order valence-electron chi connectivity index (χ4n) is 1.36. The quantitative estimate of drug-likeness (QED) is 0.907. The molecular formula is C11H11BrN2O. The zero-order chi connectivity index (χ0) is 10.8. The first-order valence-corrected chi connectivity index (χ1v) is 5.41. The van der Waals surface area contributed by atoms with Crippen LogP contribution in [0.2, 0.25) is 0 Å². The zero-order valence-electron chi connectivity index (χ0n) is 8.31. The first-order valence-electron chi connectivity index (χ1n) is 4.61. The summed E-state index contributed by atoms with van der Waals surface area (Å²) in [6.45, 7) is 2.04. The summed E-state index contributed by atoms with van der Waals surface area (Å²) in [6.07, 6.45) is 3.77. The van der Waals surface area contributed by atoms with E-state index in [-0.39, 0.29) is 6.61 Å². The second-order valence-corrected chi connectivity index (χ2v) is 4.25. The summed E-state index contributed by atoms with van der Waals surface area (Å²) in [4.78, 5) is 0. The van der Waals surface area contributed by atoms with Gasteiger partial charge in [-0.2, -0.15) is 5.10 Å². The Balaban J connectivity index is 2.42. The van der Waals surface area contributed by atoms with Crippen molar-refractivity contribution in [1.82, 2.24) is 9.78 Å². The lowest BCUT2D eigenvalue weighted by atomic mass is 10.2. The average Bonchev–Trinajstić information content (AvgIpc) is 2.65.